The molecule has 0 unspecified atom stereocenters. The van der Waals surface area contributed by atoms with Gasteiger partial charge in [0.1, 0.15) is 11.5 Å². The molecule has 3 fully saturated rings. The Morgan fingerprint density at radius 3 is 2.65 bits per heavy atom. The van der Waals surface area contributed by atoms with Gasteiger partial charge >= 0.3 is 0 Å². The minimum atomic E-state index is -1.26. The Hall–Kier alpha value is -4.00. The number of phenolic OH excluding ortho intramolecular Hbond substituents is 1. The maximum Gasteiger partial charge on any atom is 0.242 e. The summed E-state index contributed by atoms with van der Waals surface area (Å²) >= 11 is 11.3. The predicted octanol–water partition coefficient (Wildman–Crippen LogP) is 6.26. The van der Waals surface area contributed by atoms with Crippen LogP contribution in [0.3, 0.4) is 0 Å². The lowest BCUT2D eigenvalue weighted by atomic mass is 9.51. The standard InChI is InChI=1S/C35H30BrClN4O6S/c1-14-19-11-16(37)5-8-25(19)48-30(14)23-13-26(40(3)39-23)41-33(45)21-12-20-17(6-7-18-27(20)32(44)38-31(18)43)28(35(21,2)34(41)46)15-9-22(36)29(42)24(10-15)47-4/h5-6,8-11,13,18,20-21,27-28,42H,7,12H2,1-4H3,(H,38,43,44)/t18-,20+,21-,27-,28-,35+/m0/s1. The van der Waals surface area contributed by atoms with Crippen molar-refractivity contribution in [2.45, 2.75) is 32.6 Å². The van der Waals surface area contributed by atoms with E-state index in [1.165, 1.54) is 12.0 Å². The fourth-order valence-electron chi connectivity index (χ4n) is 8.66. The average molecular weight is 750 g/mol. The smallest absolute Gasteiger partial charge is 0.242 e. The molecule has 13 heteroatoms. The number of nitrogens with one attached hydrogen (secondary N) is 1. The second-order valence-corrected chi connectivity index (χ2v) is 15.6. The van der Waals surface area contributed by atoms with Gasteiger partial charge in [0.25, 0.3) is 0 Å². The monoisotopic (exact) mass is 748 g/mol. The van der Waals surface area contributed by atoms with Crippen LogP contribution < -0.4 is 15.0 Å². The molecular formula is C35H30BrClN4O6S. The first-order valence-corrected chi connectivity index (χ1v) is 17.6. The molecule has 2 N–H and O–H groups in total. The lowest BCUT2D eigenvalue weighted by molar-refractivity contribution is -0.131. The first-order valence-electron chi connectivity index (χ1n) is 15.6. The van der Waals surface area contributed by atoms with E-state index in [2.05, 4.69) is 21.2 Å². The third-order valence-corrected chi connectivity index (χ3v) is 13.1. The molecular weight excluding hydrogens is 720 g/mol. The van der Waals surface area contributed by atoms with Gasteiger partial charge in [-0.25, -0.2) is 4.90 Å². The van der Waals surface area contributed by atoms with E-state index in [-0.39, 0.29) is 41.5 Å². The van der Waals surface area contributed by atoms with E-state index in [0.717, 1.165) is 26.1 Å². The van der Waals surface area contributed by atoms with E-state index in [9.17, 15) is 24.3 Å². The van der Waals surface area contributed by atoms with E-state index < -0.39 is 35.0 Å². The zero-order valence-electron chi connectivity index (χ0n) is 26.3. The molecule has 246 valence electrons. The van der Waals surface area contributed by atoms with Crippen LogP contribution in [-0.2, 0) is 26.2 Å². The van der Waals surface area contributed by atoms with Gasteiger partial charge in [-0.15, -0.1) is 11.3 Å². The highest BCUT2D eigenvalue weighted by Gasteiger charge is 2.67. The van der Waals surface area contributed by atoms with Gasteiger partial charge in [-0.2, -0.15) is 5.10 Å². The van der Waals surface area contributed by atoms with Crippen LogP contribution in [0.15, 0.2) is 52.5 Å². The van der Waals surface area contributed by atoms with Crippen LogP contribution >= 0.6 is 38.9 Å². The van der Waals surface area contributed by atoms with Crippen molar-refractivity contribution in [3.63, 3.8) is 0 Å². The fraction of sp³-hybridized carbons (Fsp3) is 0.343. The number of nitrogens with zero attached hydrogens (tertiary/aromatic N) is 3. The lowest BCUT2D eigenvalue weighted by Gasteiger charge is -2.49. The van der Waals surface area contributed by atoms with Gasteiger partial charge in [0.2, 0.25) is 23.6 Å². The molecule has 2 aromatic carbocycles. The fourth-order valence-corrected chi connectivity index (χ4v) is 10.4. The molecule has 2 saturated heterocycles. The second-order valence-electron chi connectivity index (χ2n) is 13.3. The summed E-state index contributed by atoms with van der Waals surface area (Å²) in [5.41, 5.74) is 1.86. The molecule has 0 radical (unpaired) electrons. The lowest BCUT2D eigenvalue weighted by Crippen LogP contribution is -2.48. The van der Waals surface area contributed by atoms with Crippen LogP contribution in [0.4, 0.5) is 5.82 Å². The molecule has 2 aliphatic heterocycles. The van der Waals surface area contributed by atoms with Crippen LogP contribution in [0.1, 0.15) is 36.8 Å². The number of aromatic nitrogens is 2. The molecule has 4 amide bonds. The summed E-state index contributed by atoms with van der Waals surface area (Å²) in [4.78, 5) is 57.7. The molecule has 2 aromatic heterocycles. The van der Waals surface area contributed by atoms with Crippen LogP contribution in [0.5, 0.6) is 11.5 Å². The maximum absolute atomic E-state index is 14.9. The van der Waals surface area contributed by atoms with Gasteiger partial charge < -0.3 is 9.84 Å². The van der Waals surface area contributed by atoms with Crippen molar-refractivity contribution in [1.29, 1.82) is 0 Å². The largest absolute Gasteiger partial charge is 0.503 e. The number of carbonyl (C=O) groups is 4. The number of imide groups is 2. The number of methoxy groups -OCH3 is 1. The van der Waals surface area contributed by atoms with E-state index >= 15 is 0 Å². The highest BCUT2D eigenvalue weighted by Crippen LogP contribution is 2.64. The number of aryl methyl sites for hydroxylation is 2. The molecule has 1 saturated carbocycles. The number of hydrogen-bond donors (Lipinski definition) is 2. The van der Waals surface area contributed by atoms with E-state index in [1.54, 1.807) is 41.3 Å². The summed E-state index contributed by atoms with van der Waals surface area (Å²) in [6.45, 7) is 3.82. The number of fused-ring (bicyclic) bond motifs is 5. The van der Waals surface area contributed by atoms with Crippen molar-refractivity contribution in [2.24, 2.45) is 36.1 Å². The molecule has 8 rings (SSSR count). The molecule has 4 aliphatic rings. The first-order chi connectivity index (χ1) is 22.8. The van der Waals surface area contributed by atoms with Crippen LogP contribution in [-0.4, -0.2) is 45.6 Å². The number of phenols is 1. The summed E-state index contributed by atoms with van der Waals surface area (Å²) in [5, 5.41) is 19.6. The number of aromatic hydroxyl groups is 1. The summed E-state index contributed by atoms with van der Waals surface area (Å²) in [6.07, 6.45) is 2.56. The number of benzene rings is 2. The molecule has 2 aliphatic carbocycles. The van der Waals surface area contributed by atoms with Gasteiger partial charge in [0.15, 0.2) is 11.5 Å². The third-order valence-electron chi connectivity index (χ3n) is 10.9. The molecule has 4 heterocycles. The number of amides is 4. The number of allylic oxidation sites excluding steroid dienone is 2. The second kappa shape index (κ2) is 10.8. The van der Waals surface area contributed by atoms with Crippen molar-refractivity contribution in [3.05, 3.63) is 68.7 Å². The normalized spacial score (nSPS) is 28.0. The molecule has 0 spiro atoms. The highest BCUT2D eigenvalue weighted by molar-refractivity contribution is 9.10. The number of anilines is 1. The quantitative estimate of drug-likeness (QED) is 0.186. The van der Waals surface area contributed by atoms with E-state index in [4.69, 9.17) is 21.4 Å². The van der Waals surface area contributed by atoms with Crippen LogP contribution in [0, 0.1) is 36.0 Å². The Kier molecular flexibility index (Phi) is 7.01. The zero-order chi connectivity index (χ0) is 34.0. The Balaban J connectivity index is 1.27. The maximum atomic E-state index is 14.9. The zero-order valence-corrected chi connectivity index (χ0v) is 29.5. The Labute approximate surface area is 292 Å². The highest BCUT2D eigenvalue weighted by atomic mass is 79.9. The van der Waals surface area contributed by atoms with Gasteiger partial charge in [-0.3, -0.25) is 29.2 Å². The number of carbonyl (C=O) groups excluding carboxylic acids is 4. The average Bonchev–Trinajstić information content (AvgIpc) is 3.73. The summed E-state index contributed by atoms with van der Waals surface area (Å²) in [5.74, 6) is -4.03. The molecule has 6 atom stereocenters. The SMILES string of the molecule is COc1cc([C@H]2C3=CC[C@@H]4C(=O)NC(=O)[C@@H]4[C@@H]3C[C@H]3C(=O)N(c4cc(-c5sc6ccc(Cl)cc6c5C)nn4C)C(=O)[C@@]23C)cc(Br)c1O. The van der Waals surface area contributed by atoms with Gasteiger partial charge in [0.05, 0.1) is 39.6 Å². The van der Waals surface area contributed by atoms with Crippen LogP contribution in [0.2, 0.25) is 5.02 Å². The molecule has 0 bridgehead atoms. The summed E-state index contributed by atoms with van der Waals surface area (Å²) < 4.78 is 8.46. The van der Waals surface area contributed by atoms with Gasteiger partial charge in [0, 0.05) is 28.8 Å². The van der Waals surface area contributed by atoms with Gasteiger partial charge in [-0.05, 0) is 95.4 Å². The van der Waals surface area contributed by atoms with E-state index in [0.29, 0.717) is 33.0 Å². The van der Waals surface area contributed by atoms with Gasteiger partial charge in [-0.1, -0.05) is 23.3 Å². The first kappa shape index (κ1) is 31.3. The van der Waals surface area contributed by atoms with Crippen molar-refractivity contribution in [1.82, 2.24) is 15.1 Å². The van der Waals surface area contributed by atoms with Crippen LogP contribution in [0.25, 0.3) is 20.7 Å². The van der Waals surface area contributed by atoms with Crippen molar-refractivity contribution >= 4 is 78.4 Å². The number of halogens is 2. The van der Waals surface area contributed by atoms with E-state index in [1.807, 2.05) is 38.1 Å². The predicted molar refractivity (Wildman–Crippen MR) is 184 cm³/mol. The number of hydrogen-bond acceptors (Lipinski definition) is 8. The van der Waals surface area contributed by atoms with Crippen molar-refractivity contribution in [2.75, 3.05) is 12.0 Å². The number of thiophene rings is 1. The van der Waals surface area contributed by atoms with Crippen molar-refractivity contribution < 1.29 is 29.0 Å². The number of ether oxygens (including phenoxy) is 1. The topological polar surface area (TPSA) is 131 Å². The minimum absolute atomic E-state index is 0.0922. The van der Waals surface area contributed by atoms with Crippen molar-refractivity contribution in [3.8, 4) is 22.1 Å². The Morgan fingerprint density at radius 1 is 1.12 bits per heavy atom. The molecule has 10 nitrogen and oxygen atoms in total. The summed E-state index contributed by atoms with van der Waals surface area (Å²) in [7, 11) is 3.15. The molecule has 4 aromatic rings. The number of rotatable bonds is 4. The summed E-state index contributed by atoms with van der Waals surface area (Å²) in [6, 6.07) is 10.9. The third kappa shape index (κ3) is 4.18. The Morgan fingerprint density at radius 2 is 1.90 bits per heavy atom. The molecule has 48 heavy (non-hydrogen) atoms. The Bertz CT molecular complexity index is 2170. The minimum Gasteiger partial charge on any atom is -0.503 e.